The number of anilines is 1. The molecule has 0 unspecified atom stereocenters. The van der Waals surface area contributed by atoms with Gasteiger partial charge in [-0.05, 0) is 6.07 Å². The van der Waals surface area contributed by atoms with E-state index in [1.54, 1.807) is 10.7 Å². The number of rotatable bonds is 5. The molecule has 2 aromatic carbocycles. The average Bonchev–Trinajstić information content (AvgIpc) is 3.01. The highest BCUT2D eigenvalue weighted by molar-refractivity contribution is 5.65. The van der Waals surface area contributed by atoms with Gasteiger partial charge in [-0.3, -0.25) is 14.8 Å². The largest absolute Gasteiger partial charge is 0.380 e. The average molecular weight is 333 g/mol. The second kappa shape index (κ2) is 6.84. The van der Waals surface area contributed by atoms with E-state index >= 15 is 0 Å². The molecule has 0 saturated heterocycles. The third-order valence-corrected chi connectivity index (χ3v) is 3.76. The first-order chi connectivity index (χ1) is 12.1. The number of aromatic nitrogens is 2. The maximum Gasteiger partial charge on any atom is 0.270 e. The van der Waals surface area contributed by atoms with Crippen LogP contribution in [0.25, 0.3) is 11.3 Å². The van der Waals surface area contributed by atoms with Gasteiger partial charge >= 0.3 is 0 Å². The second-order valence-electron chi connectivity index (χ2n) is 5.49. The molecule has 0 aliphatic heterocycles. The zero-order chi connectivity index (χ0) is 17.8. The van der Waals surface area contributed by atoms with Crippen molar-refractivity contribution in [2.75, 3.05) is 5.32 Å². The number of hydrogen-bond donors (Lipinski definition) is 1. The molecule has 0 amide bonds. The Bertz CT molecular complexity index is 957. The van der Waals surface area contributed by atoms with Crippen molar-refractivity contribution >= 4 is 11.4 Å². The van der Waals surface area contributed by atoms with Gasteiger partial charge in [0.15, 0.2) is 0 Å². The lowest BCUT2D eigenvalue weighted by molar-refractivity contribution is -0.384. The molecular weight excluding hydrogens is 318 g/mol. The molecule has 0 radical (unpaired) electrons. The van der Waals surface area contributed by atoms with Crippen LogP contribution in [0.4, 0.5) is 11.4 Å². The first-order valence-corrected chi connectivity index (χ1v) is 7.59. The van der Waals surface area contributed by atoms with Gasteiger partial charge in [-0.2, -0.15) is 10.4 Å². The summed E-state index contributed by atoms with van der Waals surface area (Å²) < 4.78 is 1.74. The molecule has 1 aromatic heterocycles. The van der Waals surface area contributed by atoms with Crippen LogP contribution in [0.15, 0.2) is 54.7 Å². The smallest absolute Gasteiger partial charge is 0.270 e. The van der Waals surface area contributed by atoms with Gasteiger partial charge < -0.3 is 5.32 Å². The predicted molar refractivity (Wildman–Crippen MR) is 93.8 cm³/mol. The number of benzene rings is 2. The summed E-state index contributed by atoms with van der Waals surface area (Å²) >= 11 is 0. The van der Waals surface area contributed by atoms with Crippen molar-refractivity contribution in [1.29, 1.82) is 5.26 Å². The summed E-state index contributed by atoms with van der Waals surface area (Å²) in [6.45, 7) is 0.449. The minimum atomic E-state index is -0.515. The second-order valence-corrected chi connectivity index (χ2v) is 5.49. The number of aryl methyl sites for hydroxylation is 1. The van der Waals surface area contributed by atoms with E-state index in [0.29, 0.717) is 12.2 Å². The minimum Gasteiger partial charge on any atom is -0.380 e. The van der Waals surface area contributed by atoms with Crippen LogP contribution in [-0.2, 0) is 13.6 Å². The molecule has 0 bridgehead atoms. The molecule has 124 valence electrons. The number of hydrogen-bond acceptors (Lipinski definition) is 5. The van der Waals surface area contributed by atoms with Crippen LogP contribution in [0, 0.1) is 21.4 Å². The first-order valence-electron chi connectivity index (χ1n) is 7.59. The fourth-order valence-corrected chi connectivity index (χ4v) is 2.59. The van der Waals surface area contributed by atoms with Crippen molar-refractivity contribution in [3.63, 3.8) is 0 Å². The zero-order valence-corrected chi connectivity index (χ0v) is 13.5. The number of nitro benzene ring substituents is 1. The zero-order valence-electron chi connectivity index (χ0n) is 13.5. The SMILES string of the molecule is Cn1cc(CNc2ccc([N+](=O)[O-])cc2C#N)c(-c2ccccc2)n1. The number of nitriles is 1. The van der Waals surface area contributed by atoms with E-state index in [1.165, 1.54) is 12.1 Å². The maximum absolute atomic E-state index is 10.8. The molecule has 0 spiro atoms. The van der Waals surface area contributed by atoms with Crippen molar-refractivity contribution in [2.45, 2.75) is 6.54 Å². The summed E-state index contributed by atoms with van der Waals surface area (Å²) in [4.78, 5) is 10.3. The Morgan fingerprint density at radius 3 is 2.72 bits per heavy atom. The van der Waals surface area contributed by atoms with Crippen molar-refractivity contribution < 1.29 is 4.92 Å². The maximum atomic E-state index is 10.8. The number of nitrogens with zero attached hydrogens (tertiary/aromatic N) is 4. The molecular formula is C18H15N5O2. The highest BCUT2D eigenvalue weighted by Crippen LogP contribution is 2.25. The predicted octanol–water partition coefficient (Wildman–Crippen LogP) is 3.48. The Balaban J connectivity index is 1.86. The Labute approximate surface area is 144 Å². The summed E-state index contributed by atoms with van der Waals surface area (Å²) in [5.74, 6) is 0. The molecule has 7 heteroatoms. The standard InChI is InChI=1S/C18H15N5O2/c1-22-12-15(18(21-22)13-5-3-2-4-6-13)11-20-17-8-7-16(23(24)25)9-14(17)10-19/h2-9,12,20H,11H2,1H3. The molecule has 0 atom stereocenters. The van der Waals surface area contributed by atoms with Crippen LogP contribution in [-0.4, -0.2) is 14.7 Å². The van der Waals surface area contributed by atoms with Crippen molar-refractivity contribution in [1.82, 2.24) is 9.78 Å². The highest BCUT2D eigenvalue weighted by atomic mass is 16.6. The van der Waals surface area contributed by atoms with E-state index in [-0.39, 0.29) is 11.3 Å². The van der Waals surface area contributed by atoms with Gasteiger partial charge in [-0.15, -0.1) is 0 Å². The van der Waals surface area contributed by atoms with Crippen molar-refractivity contribution in [2.24, 2.45) is 7.05 Å². The lowest BCUT2D eigenvalue weighted by atomic mass is 10.1. The van der Waals surface area contributed by atoms with E-state index in [4.69, 9.17) is 0 Å². The molecule has 1 N–H and O–H groups in total. The van der Waals surface area contributed by atoms with Gasteiger partial charge in [-0.1, -0.05) is 30.3 Å². The fraction of sp³-hybridized carbons (Fsp3) is 0.111. The van der Waals surface area contributed by atoms with Gasteiger partial charge in [0.2, 0.25) is 0 Å². The Morgan fingerprint density at radius 2 is 2.04 bits per heavy atom. The summed E-state index contributed by atoms with van der Waals surface area (Å²) in [5.41, 5.74) is 3.51. The Hall–Kier alpha value is -3.66. The van der Waals surface area contributed by atoms with E-state index in [1.807, 2.05) is 49.6 Å². The van der Waals surface area contributed by atoms with Crippen molar-refractivity contribution in [3.05, 3.63) is 76.0 Å². The Kier molecular flexibility index (Phi) is 4.44. The summed E-state index contributed by atoms with van der Waals surface area (Å²) in [5, 5.41) is 27.7. The molecule has 0 saturated carbocycles. The third kappa shape index (κ3) is 3.48. The van der Waals surface area contributed by atoms with Crippen molar-refractivity contribution in [3.8, 4) is 17.3 Å². The van der Waals surface area contributed by atoms with Crippen LogP contribution >= 0.6 is 0 Å². The first kappa shape index (κ1) is 16.2. The van der Waals surface area contributed by atoms with Gasteiger partial charge in [-0.25, -0.2) is 0 Å². The van der Waals surface area contributed by atoms with Crippen LogP contribution in [0.3, 0.4) is 0 Å². The van der Waals surface area contributed by atoms with Crippen LogP contribution in [0.5, 0.6) is 0 Å². The molecule has 0 aliphatic carbocycles. The van der Waals surface area contributed by atoms with E-state index in [0.717, 1.165) is 16.8 Å². The highest BCUT2D eigenvalue weighted by Gasteiger charge is 2.13. The summed E-state index contributed by atoms with van der Waals surface area (Å²) in [6, 6.07) is 16.0. The minimum absolute atomic E-state index is 0.103. The normalized spacial score (nSPS) is 10.2. The lowest BCUT2D eigenvalue weighted by Gasteiger charge is -2.08. The van der Waals surface area contributed by atoms with E-state index in [2.05, 4.69) is 10.4 Å². The fourth-order valence-electron chi connectivity index (χ4n) is 2.59. The van der Waals surface area contributed by atoms with E-state index < -0.39 is 4.92 Å². The molecule has 3 rings (SSSR count). The van der Waals surface area contributed by atoms with Gasteiger partial charge in [0, 0.05) is 43.0 Å². The van der Waals surface area contributed by atoms with Crippen LogP contribution < -0.4 is 5.32 Å². The van der Waals surface area contributed by atoms with E-state index in [9.17, 15) is 15.4 Å². The molecule has 25 heavy (non-hydrogen) atoms. The third-order valence-electron chi connectivity index (χ3n) is 3.76. The van der Waals surface area contributed by atoms with Gasteiger partial charge in [0.05, 0.1) is 21.9 Å². The Morgan fingerprint density at radius 1 is 1.28 bits per heavy atom. The van der Waals surface area contributed by atoms with Crippen LogP contribution in [0.1, 0.15) is 11.1 Å². The molecule has 1 heterocycles. The quantitative estimate of drug-likeness (QED) is 0.569. The monoisotopic (exact) mass is 333 g/mol. The summed E-state index contributed by atoms with van der Waals surface area (Å²) in [7, 11) is 1.85. The van der Waals surface area contributed by atoms with Gasteiger partial charge in [0.25, 0.3) is 5.69 Å². The lowest BCUT2D eigenvalue weighted by Crippen LogP contribution is -2.02. The van der Waals surface area contributed by atoms with Gasteiger partial charge in [0.1, 0.15) is 6.07 Å². The molecule has 0 aliphatic rings. The summed E-state index contributed by atoms with van der Waals surface area (Å²) in [6.07, 6.45) is 1.91. The number of non-ortho nitro benzene ring substituents is 1. The molecule has 0 fully saturated rings. The number of nitrogens with one attached hydrogen (secondary N) is 1. The number of nitro groups is 1. The van der Waals surface area contributed by atoms with Crippen LogP contribution in [0.2, 0.25) is 0 Å². The molecule has 7 nitrogen and oxygen atoms in total. The molecule has 3 aromatic rings. The topological polar surface area (TPSA) is 96.8 Å².